The van der Waals surface area contributed by atoms with E-state index in [2.05, 4.69) is 10.3 Å². The van der Waals surface area contributed by atoms with Gasteiger partial charge < -0.3 is 5.32 Å². The van der Waals surface area contributed by atoms with Gasteiger partial charge in [0.1, 0.15) is 5.82 Å². The lowest BCUT2D eigenvalue weighted by Crippen LogP contribution is -2.13. The molecule has 98 valence electrons. The standard InChI is InChI=1S/C16H11FN2O/c17-14-6-2-1-5-13(14)16(20)19-15-7-3-4-11-10-18-9-8-12(11)15/h1-10H,(H,19,20). The summed E-state index contributed by atoms with van der Waals surface area (Å²) in [6, 6.07) is 13.2. The molecule has 1 N–H and O–H groups in total. The first-order valence-electron chi connectivity index (χ1n) is 6.14. The number of benzene rings is 2. The van der Waals surface area contributed by atoms with E-state index >= 15 is 0 Å². The predicted octanol–water partition coefficient (Wildman–Crippen LogP) is 3.63. The molecular formula is C16H11FN2O. The molecule has 2 aromatic carbocycles. The highest BCUT2D eigenvalue weighted by atomic mass is 19.1. The Morgan fingerprint density at radius 1 is 1.05 bits per heavy atom. The largest absolute Gasteiger partial charge is 0.321 e. The van der Waals surface area contributed by atoms with Gasteiger partial charge in [0.05, 0.1) is 5.56 Å². The second-order valence-corrected chi connectivity index (χ2v) is 4.34. The van der Waals surface area contributed by atoms with Crippen molar-refractivity contribution in [3.05, 3.63) is 72.3 Å². The normalized spacial score (nSPS) is 10.4. The van der Waals surface area contributed by atoms with Crippen LogP contribution < -0.4 is 5.32 Å². The average molecular weight is 266 g/mol. The fraction of sp³-hybridized carbons (Fsp3) is 0. The number of amides is 1. The minimum absolute atomic E-state index is 0.0264. The zero-order chi connectivity index (χ0) is 13.9. The van der Waals surface area contributed by atoms with Crippen LogP contribution in [0.1, 0.15) is 10.4 Å². The number of fused-ring (bicyclic) bond motifs is 1. The molecule has 0 aliphatic rings. The zero-order valence-electron chi connectivity index (χ0n) is 10.5. The fourth-order valence-corrected chi connectivity index (χ4v) is 2.07. The van der Waals surface area contributed by atoms with Gasteiger partial charge >= 0.3 is 0 Å². The van der Waals surface area contributed by atoms with Crippen molar-refractivity contribution in [2.75, 3.05) is 5.32 Å². The second-order valence-electron chi connectivity index (χ2n) is 4.34. The average Bonchev–Trinajstić information content (AvgIpc) is 2.48. The number of nitrogens with zero attached hydrogens (tertiary/aromatic N) is 1. The van der Waals surface area contributed by atoms with Crippen molar-refractivity contribution in [2.24, 2.45) is 0 Å². The van der Waals surface area contributed by atoms with Gasteiger partial charge in [0, 0.05) is 28.9 Å². The number of nitrogens with one attached hydrogen (secondary N) is 1. The maximum Gasteiger partial charge on any atom is 0.258 e. The summed E-state index contributed by atoms with van der Waals surface area (Å²) in [4.78, 5) is 16.1. The Kier molecular flexibility index (Phi) is 3.13. The van der Waals surface area contributed by atoms with Crippen LogP contribution in [-0.2, 0) is 0 Å². The fourth-order valence-electron chi connectivity index (χ4n) is 2.07. The molecule has 0 bridgehead atoms. The Labute approximate surface area is 115 Å². The van der Waals surface area contributed by atoms with Crippen LogP contribution in [0.2, 0.25) is 0 Å². The van der Waals surface area contributed by atoms with Gasteiger partial charge in [-0.15, -0.1) is 0 Å². The molecule has 1 amide bonds. The molecule has 0 spiro atoms. The summed E-state index contributed by atoms with van der Waals surface area (Å²) in [6.07, 6.45) is 3.37. The smallest absolute Gasteiger partial charge is 0.258 e. The topological polar surface area (TPSA) is 42.0 Å². The van der Waals surface area contributed by atoms with E-state index in [0.29, 0.717) is 5.69 Å². The van der Waals surface area contributed by atoms with Gasteiger partial charge in [-0.05, 0) is 24.3 Å². The summed E-state index contributed by atoms with van der Waals surface area (Å²) in [5.41, 5.74) is 0.664. The van der Waals surface area contributed by atoms with Gasteiger partial charge in [-0.3, -0.25) is 9.78 Å². The van der Waals surface area contributed by atoms with E-state index in [1.165, 1.54) is 12.1 Å². The highest BCUT2D eigenvalue weighted by Crippen LogP contribution is 2.23. The van der Waals surface area contributed by atoms with E-state index in [9.17, 15) is 9.18 Å². The molecule has 1 aromatic heterocycles. The minimum atomic E-state index is -0.535. The van der Waals surface area contributed by atoms with Crippen LogP contribution in [0.3, 0.4) is 0 Å². The van der Waals surface area contributed by atoms with E-state index in [1.54, 1.807) is 30.6 Å². The van der Waals surface area contributed by atoms with E-state index in [4.69, 9.17) is 0 Å². The van der Waals surface area contributed by atoms with E-state index in [1.807, 2.05) is 18.2 Å². The molecule has 1 heterocycles. The third-order valence-corrected chi connectivity index (χ3v) is 3.05. The maximum absolute atomic E-state index is 13.6. The summed E-state index contributed by atoms with van der Waals surface area (Å²) in [5.74, 6) is -1.00. The number of anilines is 1. The molecule has 4 heteroatoms. The summed E-state index contributed by atoms with van der Waals surface area (Å²) < 4.78 is 13.6. The molecule has 3 rings (SSSR count). The van der Waals surface area contributed by atoms with Crippen molar-refractivity contribution >= 4 is 22.4 Å². The van der Waals surface area contributed by atoms with E-state index in [0.717, 1.165) is 10.8 Å². The lowest BCUT2D eigenvalue weighted by atomic mass is 10.1. The quantitative estimate of drug-likeness (QED) is 0.769. The highest BCUT2D eigenvalue weighted by Gasteiger charge is 2.12. The maximum atomic E-state index is 13.6. The Hall–Kier alpha value is -2.75. The van der Waals surface area contributed by atoms with Gasteiger partial charge in [0.15, 0.2) is 0 Å². The van der Waals surface area contributed by atoms with E-state index < -0.39 is 11.7 Å². The van der Waals surface area contributed by atoms with Crippen molar-refractivity contribution in [3.63, 3.8) is 0 Å². The lowest BCUT2D eigenvalue weighted by Gasteiger charge is -2.09. The number of hydrogen-bond donors (Lipinski definition) is 1. The lowest BCUT2D eigenvalue weighted by molar-refractivity contribution is 0.102. The number of pyridine rings is 1. The number of rotatable bonds is 2. The van der Waals surface area contributed by atoms with Crippen molar-refractivity contribution < 1.29 is 9.18 Å². The summed E-state index contributed by atoms with van der Waals surface area (Å²) >= 11 is 0. The molecular weight excluding hydrogens is 255 g/mol. The summed E-state index contributed by atoms with van der Waals surface area (Å²) in [7, 11) is 0. The third-order valence-electron chi connectivity index (χ3n) is 3.05. The van der Waals surface area contributed by atoms with Gasteiger partial charge in [-0.1, -0.05) is 24.3 Å². The van der Waals surface area contributed by atoms with Crippen LogP contribution in [0.5, 0.6) is 0 Å². The first kappa shape index (κ1) is 12.3. The van der Waals surface area contributed by atoms with E-state index in [-0.39, 0.29) is 5.56 Å². The van der Waals surface area contributed by atoms with Crippen LogP contribution in [0.4, 0.5) is 10.1 Å². The van der Waals surface area contributed by atoms with Crippen molar-refractivity contribution in [3.8, 4) is 0 Å². The number of carbonyl (C=O) groups excluding carboxylic acids is 1. The molecule has 0 radical (unpaired) electrons. The molecule has 3 nitrogen and oxygen atoms in total. The van der Waals surface area contributed by atoms with Crippen LogP contribution >= 0.6 is 0 Å². The Morgan fingerprint density at radius 3 is 2.75 bits per heavy atom. The molecule has 0 unspecified atom stereocenters. The van der Waals surface area contributed by atoms with Crippen molar-refractivity contribution in [1.82, 2.24) is 4.98 Å². The first-order valence-corrected chi connectivity index (χ1v) is 6.14. The molecule has 3 aromatic rings. The SMILES string of the molecule is O=C(Nc1cccc2cnccc12)c1ccccc1F. The van der Waals surface area contributed by atoms with Gasteiger partial charge in [0.2, 0.25) is 0 Å². The van der Waals surface area contributed by atoms with Gasteiger partial charge in [0.25, 0.3) is 5.91 Å². The highest BCUT2D eigenvalue weighted by molar-refractivity contribution is 6.09. The molecule has 0 aliphatic heterocycles. The van der Waals surface area contributed by atoms with Crippen LogP contribution in [0.15, 0.2) is 60.9 Å². The molecule has 0 aliphatic carbocycles. The number of hydrogen-bond acceptors (Lipinski definition) is 2. The summed E-state index contributed by atoms with van der Waals surface area (Å²) in [5, 5.41) is 4.52. The van der Waals surface area contributed by atoms with Crippen LogP contribution in [-0.4, -0.2) is 10.9 Å². The second kappa shape index (κ2) is 5.09. The molecule has 0 saturated heterocycles. The molecule has 20 heavy (non-hydrogen) atoms. The van der Waals surface area contributed by atoms with Crippen molar-refractivity contribution in [2.45, 2.75) is 0 Å². The molecule has 0 fully saturated rings. The summed E-state index contributed by atoms with van der Waals surface area (Å²) in [6.45, 7) is 0. The zero-order valence-corrected chi connectivity index (χ0v) is 10.5. The van der Waals surface area contributed by atoms with Crippen LogP contribution in [0.25, 0.3) is 10.8 Å². The Balaban J connectivity index is 1.98. The predicted molar refractivity (Wildman–Crippen MR) is 76.1 cm³/mol. The monoisotopic (exact) mass is 266 g/mol. The van der Waals surface area contributed by atoms with Gasteiger partial charge in [-0.25, -0.2) is 4.39 Å². The third kappa shape index (κ3) is 2.23. The number of carbonyl (C=O) groups is 1. The minimum Gasteiger partial charge on any atom is -0.321 e. The number of aromatic nitrogens is 1. The molecule has 0 saturated carbocycles. The van der Waals surface area contributed by atoms with Crippen molar-refractivity contribution in [1.29, 1.82) is 0 Å². The van der Waals surface area contributed by atoms with Gasteiger partial charge in [-0.2, -0.15) is 0 Å². The number of halogens is 1. The first-order chi connectivity index (χ1) is 9.75. The Bertz CT molecular complexity index is 781. The van der Waals surface area contributed by atoms with Crippen LogP contribution in [0, 0.1) is 5.82 Å². The Morgan fingerprint density at radius 2 is 1.90 bits per heavy atom. The molecule has 0 atom stereocenters.